The van der Waals surface area contributed by atoms with Crippen LogP contribution in [0.3, 0.4) is 0 Å². The number of carbonyl (C=O) groups excluding carboxylic acids is 4. The fourth-order valence-electron chi connectivity index (χ4n) is 3.53. The molecule has 1 aromatic carbocycles. The lowest BCUT2D eigenvalue weighted by molar-refractivity contribution is -0.140. The predicted octanol–water partition coefficient (Wildman–Crippen LogP) is 3.33. The minimum absolute atomic E-state index is 0.0944. The molecule has 1 fully saturated rings. The zero-order valence-corrected chi connectivity index (χ0v) is 18.2. The molecule has 164 valence electrons. The van der Waals surface area contributed by atoms with Crippen molar-refractivity contribution in [3.05, 3.63) is 48.4 Å². The van der Waals surface area contributed by atoms with Crippen LogP contribution in [0.15, 0.2) is 47.1 Å². The van der Waals surface area contributed by atoms with Gasteiger partial charge in [0.1, 0.15) is 11.8 Å². The van der Waals surface area contributed by atoms with Gasteiger partial charge < -0.3 is 14.6 Å². The summed E-state index contributed by atoms with van der Waals surface area (Å²) < 4.78 is 5.38. The molecule has 3 rings (SSSR count). The average Bonchev–Trinajstić information content (AvgIpc) is 3.26. The van der Waals surface area contributed by atoms with E-state index < -0.39 is 11.9 Å². The summed E-state index contributed by atoms with van der Waals surface area (Å²) in [6.45, 7) is 7.34. The zero-order valence-electron chi connectivity index (χ0n) is 18.2. The summed E-state index contributed by atoms with van der Waals surface area (Å²) >= 11 is 0. The van der Waals surface area contributed by atoms with Crippen LogP contribution in [0.5, 0.6) is 0 Å². The lowest BCUT2D eigenvalue weighted by atomic mass is 9.91. The summed E-state index contributed by atoms with van der Waals surface area (Å²) in [6, 6.07) is 8.98. The van der Waals surface area contributed by atoms with Gasteiger partial charge in [0, 0.05) is 19.0 Å². The van der Waals surface area contributed by atoms with E-state index in [1.807, 2.05) is 20.8 Å². The number of rotatable bonds is 6. The highest BCUT2D eigenvalue weighted by Gasteiger charge is 2.44. The number of nitrogens with one attached hydrogen (secondary N) is 1. The average molecular weight is 425 g/mol. The Balaban J connectivity index is 1.85. The van der Waals surface area contributed by atoms with Crippen LogP contribution in [0.1, 0.15) is 46.3 Å². The molecule has 0 bridgehead atoms. The second-order valence-electron chi connectivity index (χ2n) is 8.85. The number of anilines is 2. The van der Waals surface area contributed by atoms with Crippen molar-refractivity contribution in [1.82, 2.24) is 4.90 Å². The van der Waals surface area contributed by atoms with E-state index >= 15 is 0 Å². The van der Waals surface area contributed by atoms with Crippen LogP contribution in [0, 0.1) is 5.41 Å². The summed E-state index contributed by atoms with van der Waals surface area (Å²) in [5.74, 6) is -0.716. The summed E-state index contributed by atoms with van der Waals surface area (Å²) in [6.07, 6.45) is 1.65. The maximum absolute atomic E-state index is 13.2. The minimum atomic E-state index is -0.900. The van der Waals surface area contributed by atoms with Gasteiger partial charge in [-0.05, 0) is 41.8 Å². The Morgan fingerprint density at radius 3 is 2.39 bits per heavy atom. The lowest BCUT2D eigenvalue weighted by Gasteiger charge is -2.29. The van der Waals surface area contributed by atoms with Crippen molar-refractivity contribution in [2.75, 3.05) is 10.2 Å². The van der Waals surface area contributed by atoms with Gasteiger partial charge in [0.2, 0.25) is 17.7 Å². The molecule has 2 heterocycles. The third-order valence-electron chi connectivity index (χ3n) is 4.85. The zero-order chi connectivity index (χ0) is 22.8. The van der Waals surface area contributed by atoms with Crippen LogP contribution in [-0.2, 0) is 25.7 Å². The second kappa shape index (κ2) is 8.75. The number of imide groups is 1. The summed E-state index contributed by atoms with van der Waals surface area (Å²) in [5.41, 5.74) is 0.683. The second-order valence-corrected chi connectivity index (χ2v) is 8.85. The van der Waals surface area contributed by atoms with Crippen LogP contribution < -0.4 is 10.2 Å². The van der Waals surface area contributed by atoms with Crippen LogP contribution in [-0.4, -0.2) is 34.6 Å². The Kier molecular flexibility index (Phi) is 6.29. The van der Waals surface area contributed by atoms with Crippen molar-refractivity contribution in [2.24, 2.45) is 5.41 Å². The highest BCUT2D eigenvalue weighted by atomic mass is 16.3. The highest BCUT2D eigenvalue weighted by Crippen LogP contribution is 2.30. The first-order valence-corrected chi connectivity index (χ1v) is 10.1. The lowest BCUT2D eigenvalue weighted by Crippen LogP contribution is -2.45. The Morgan fingerprint density at radius 1 is 1.16 bits per heavy atom. The molecule has 1 aliphatic rings. The van der Waals surface area contributed by atoms with E-state index in [0.29, 0.717) is 17.1 Å². The van der Waals surface area contributed by atoms with Crippen molar-refractivity contribution < 1.29 is 23.6 Å². The molecule has 1 aliphatic heterocycles. The van der Waals surface area contributed by atoms with Gasteiger partial charge in [-0.1, -0.05) is 20.8 Å². The normalized spacial score (nSPS) is 16.5. The first-order chi connectivity index (χ1) is 14.5. The maximum Gasteiger partial charge on any atom is 0.257 e. The topological polar surface area (TPSA) is 99.9 Å². The largest absolute Gasteiger partial charge is 0.467 e. The van der Waals surface area contributed by atoms with Gasteiger partial charge in [0.15, 0.2) is 0 Å². The van der Waals surface area contributed by atoms with Crippen molar-refractivity contribution in [3.63, 3.8) is 0 Å². The molecule has 1 unspecified atom stereocenters. The van der Waals surface area contributed by atoms with Crippen LogP contribution in [0.4, 0.5) is 11.4 Å². The Bertz CT molecular complexity index is 974. The minimum Gasteiger partial charge on any atom is -0.467 e. The van der Waals surface area contributed by atoms with Crippen LogP contribution >= 0.6 is 0 Å². The monoisotopic (exact) mass is 425 g/mol. The standard InChI is InChI=1S/C23H27N3O5/c1-15(27)24-16-7-9-17(10-8-16)26-20(28)12-19(22(26)30)25(14-18-6-5-11-31-18)21(29)13-23(2,3)4/h5-11,19H,12-14H2,1-4H3,(H,24,27). The number of amides is 4. The molecule has 0 radical (unpaired) electrons. The van der Waals surface area contributed by atoms with E-state index in [-0.39, 0.29) is 42.5 Å². The van der Waals surface area contributed by atoms with E-state index in [1.165, 1.54) is 18.1 Å². The van der Waals surface area contributed by atoms with E-state index in [4.69, 9.17) is 4.42 Å². The van der Waals surface area contributed by atoms with Gasteiger partial charge in [-0.25, -0.2) is 4.90 Å². The molecule has 1 atom stereocenters. The SMILES string of the molecule is CC(=O)Nc1ccc(N2C(=O)CC(N(Cc3ccco3)C(=O)CC(C)(C)C)C2=O)cc1. The third kappa shape index (κ3) is 5.39. The molecule has 0 saturated carbocycles. The number of hydrogen-bond donors (Lipinski definition) is 1. The van der Waals surface area contributed by atoms with Gasteiger partial charge in [-0.15, -0.1) is 0 Å². The van der Waals surface area contributed by atoms with E-state index in [2.05, 4.69) is 5.32 Å². The smallest absolute Gasteiger partial charge is 0.257 e. The molecular formula is C23H27N3O5. The molecule has 8 nitrogen and oxygen atoms in total. The number of carbonyl (C=O) groups is 4. The first kappa shape index (κ1) is 22.3. The summed E-state index contributed by atoms with van der Waals surface area (Å²) in [4.78, 5) is 52.8. The Morgan fingerprint density at radius 2 is 1.84 bits per heavy atom. The van der Waals surface area contributed by atoms with Crippen LogP contribution in [0.2, 0.25) is 0 Å². The molecule has 1 aromatic heterocycles. The summed E-state index contributed by atoms with van der Waals surface area (Å²) in [5, 5.41) is 2.64. The third-order valence-corrected chi connectivity index (χ3v) is 4.85. The van der Waals surface area contributed by atoms with Crippen LogP contribution in [0.25, 0.3) is 0 Å². The fourth-order valence-corrected chi connectivity index (χ4v) is 3.53. The van der Waals surface area contributed by atoms with Gasteiger partial charge in [0.25, 0.3) is 5.91 Å². The van der Waals surface area contributed by atoms with Gasteiger partial charge in [-0.3, -0.25) is 19.2 Å². The fraction of sp³-hybridized carbons (Fsp3) is 0.391. The molecule has 0 spiro atoms. The number of furan rings is 1. The van der Waals surface area contributed by atoms with Gasteiger partial charge >= 0.3 is 0 Å². The Hall–Kier alpha value is -3.42. The van der Waals surface area contributed by atoms with Gasteiger partial charge in [-0.2, -0.15) is 0 Å². The van der Waals surface area contributed by atoms with Gasteiger partial charge in [0.05, 0.1) is 24.9 Å². The molecular weight excluding hydrogens is 398 g/mol. The molecule has 4 amide bonds. The summed E-state index contributed by atoms with van der Waals surface area (Å²) in [7, 11) is 0. The number of benzene rings is 1. The molecule has 2 aromatic rings. The molecule has 31 heavy (non-hydrogen) atoms. The van der Waals surface area contributed by atoms with E-state index in [9.17, 15) is 19.2 Å². The molecule has 1 N–H and O–H groups in total. The van der Waals surface area contributed by atoms with E-state index in [0.717, 1.165) is 4.90 Å². The number of nitrogens with zero attached hydrogens (tertiary/aromatic N) is 2. The van der Waals surface area contributed by atoms with Crippen molar-refractivity contribution in [2.45, 2.75) is 53.1 Å². The predicted molar refractivity (Wildman–Crippen MR) is 115 cm³/mol. The maximum atomic E-state index is 13.2. The molecule has 8 heteroatoms. The Labute approximate surface area is 181 Å². The van der Waals surface area contributed by atoms with Crippen molar-refractivity contribution in [1.29, 1.82) is 0 Å². The number of hydrogen-bond acceptors (Lipinski definition) is 5. The van der Waals surface area contributed by atoms with E-state index in [1.54, 1.807) is 36.4 Å². The van der Waals surface area contributed by atoms with Crippen molar-refractivity contribution in [3.8, 4) is 0 Å². The van der Waals surface area contributed by atoms with Crippen molar-refractivity contribution >= 4 is 35.0 Å². The first-order valence-electron chi connectivity index (χ1n) is 10.1. The molecule has 0 aliphatic carbocycles. The molecule has 1 saturated heterocycles. The quantitative estimate of drug-likeness (QED) is 0.716. The highest BCUT2D eigenvalue weighted by molar-refractivity contribution is 6.23.